The second-order valence-corrected chi connectivity index (χ2v) is 4.52. The Hall–Kier alpha value is -2.61. The van der Waals surface area contributed by atoms with Gasteiger partial charge in [-0.3, -0.25) is 4.98 Å². The van der Waals surface area contributed by atoms with E-state index in [1.165, 1.54) is 0 Å². The van der Waals surface area contributed by atoms with Crippen LogP contribution >= 0.6 is 0 Å². The largest absolute Gasteiger partial charge is 0.497 e. The molecule has 0 N–H and O–H groups in total. The van der Waals surface area contributed by atoms with Crippen LogP contribution in [0.2, 0.25) is 0 Å². The minimum absolute atomic E-state index is 0.867. The molecular formula is C18H15NO. The van der Waals surface area contributed by atoms with Crippen molar-refractivity contribution in [2.75, 3.05) is 7.11 Å². The quantitative estimate of drug-likeness (QED) is 0.696. The van der Waals surface area contributed by atoms with Gasteiger partial charge < -0.3 is 4.74 Å². The Morgan fingerprint density at radius 2 is 1.50 bits per heavy atom. The van der Waals surface area contributed by atoms with E-state index in [1.54, 1.807) is 7.11 Å². The number of hydrogen-bond acceptors (Lipinski definition) is 2. The van der Waals surface area contributed by atoms with Crippen molar-refractivity contribution in [1.82, 2.24) is 4.98 Å². The molecule has 0 amide bonds. The standard InChI is InChI=1S/C18H15NO/c1-20-17-9-7-14(8-10-17)16-11-12-19-18(13-16)15-5-3-2-4-6-15/h2-13H,1H3. The van der Waals surface area contributed by atoms with Crippen LogP contribution in [0.25, 0.3) is 22.4 Å². The lowest BCUT2D eigenvalue weighted by molar-refractivity contribution is 0.415. The lowest BCUT2D eigenvalue weighted by Gasteiger charge is -2.06. The zero-order valence-corrected chi connectivity index (χ0v) is 11.3. The minimum atomic E-state index is 0.867. The van der Waals surface area contributed by atoms with Crippen LogP contribution in [0.15, 0.2) is 72.9 Å². The van der Waals surface area contributed by atoms with Crippen LogP contribution in [-0.2, 0) is 0 Å². The summed E-state index contributed by atoms with van der Waals surface area (Å²) in [6.45, 7) is 0. The summed E-state index contributed by atoms with van der Waals surface area (Å²) in [5.74, 6) is 0.867. The molecule has 0 aliphatic heterocycles. The van der Waals surface area contributed by atoms with E-state index >= 15 is 0 Å². The van der Waals surface area contributed by atoms with Crippen molar-refractivity contribution in [1.29, 1.82) is 0 Å². The first-order valence-corrected chi connectivity index (χ1v) is 6.53. The lowest BCUT2D eigenvalue weighted by atomic mass is 10.0. The molecule has 0 atom stereocenters. The summed E-state index contributed by atoms with van der Waals surface area (Å²) in [4.78, 5) is 4.44. The van der Waals surface area contributed by atoms with Gasteiger partial charge in [0.2, 0.25) is 0 Å². The third kappa shape index (κ3) is 2.54. The summed E-state index contributed by atoms with van der Waals surface area (Å²) in [5.41, 5.74) is 4.42. The van der Waals surface area contributed by atoms with Crippen molar-refractivity contribution < 1.29 is 4.74 Å². The third-order valence-electron chi connectivity index (χ3n) is 3.25. The number of pyridine rings is 1. The predicted octanol–water partition coefficient (Wildman–Crippen LogP) is 4.42. The molecule has 0 saturated heterocycles. The molecule has 2 heteroatoms. The lowest BCUT2D eigenvalue weighted by Crippen LogP contribution is -1.86. The van der Waals surface area contributed by atoms with E-state index in [0.29, 0.717) is 0 Å². The van der Waals surface area contributed by atoms with E-state index in [-0.39, 0.29) is 0 Å². The highest BCUT2D eigenvalue weighted by molar-refractivity contribution is 5.70. The highest BCUT2D eigenvalue weighted by atomic mass is 16.5. The second-order valence-electron chi connectivity index (χ2n) is 4.52. The molecule has 0 unspecified atom stereocenters. The van der Waals surface area contributed by atoms with Gasteiger partial charge in [-0.1, -0.05) is 42.5 Å². The zero-order valence-electron chi connectivity index (χ0n) is 11.3. The summed E-state index contributed by atoms with van der Waals surface area (Å²) in [7, 11) is 1.68. The molecule has 1 heterocycles. The summed E-state index contributed by atoms with van der Waals surface area (Å²) >= 11 is 0. The number of nitrogens with zero attached hydrogens (tertiary/aromatic N) is 1. The molecule has 98 valence electrons. The van der Waals surface area contributed by atoms with E-state index in [0.717, 1.165) is 28.1 Å². The fourth-order valence-corrected chi connectivity index (χ4v) is 2.16. The number of ether oxygens (including phenoxy) is 1. The molecule has 2 nitrogen and oxygen atoms in total. The molecule has 0 bridgehead atoms. The Balaban J connectivity index is 1.98. The van der Waals surface area contributed by atoms with Crippen LogP contribution in [0, 0.1) is 0 Å². The van der Waals surface area contributed by atoms with Crippen LogP contribution in [0.3, 0.4) is 0 Å². The first-order valence-electron chi connectivity index (χ1n) is 6.53. The Kier molecular flexibility index (Phi) is 3.46. The molecule has 0 saturated carbocycles. The average Bonchev–Trinajstić information content (AvgIpc) is 2.56. The summed E-state index contributed by atoms with van der Waals surface area (Å²) in [6.07, 6.45) is 1.85. The number of hydrogen-bond donors (Lipinski definition) is 0. The summed E-state index contributed by atoms with van der Waals surface area (Å²) in [6, 6.07) is 22.4. The second kappa shape index (κ2) is 5.57. The van der Waals surface area contributed by atoms with E-state index in [2.05, 4.69) is 35.3 Å². The van der Waals surface area contributed by atoms with Gasteiger partial charge in [-0.2, -0.15) is 0 Å². The molecule has 1 aromatic heterocycles. The molecule has 0 radical (unpaired) electrons. The average molecular weight is 261 g/mol. The zero-order chi connectivity index (χ0) is 13.8. The number of aromatic nitrogens is 1. The van der Waals surface area contributed by atoms with Gasteiger partial charge in [0.1, 0.15) is 5.75 Å². The molecule has 0 fully saturated rings. The fraction of sp³-hybridized carbons (Fsp3) is 0.0556. The van der Waals surface area contributed by atoms with Gasteiger partial charge in [0.25, 0.3) is 0 Å². The summed E-state index contributed by atoms with van der Waals surface area (Å²) < 4.78 is 5.19. The maximum Gasteiger partial charge on any atom is 0.118 e. The number of rotatable bonds is 3. The Morgan fingerprint density at radius 3 is 2.20 bits per heavy atom. The van der Waals surface area contributed by atoms with Crippen molar-refractivity contribution in [3.05, 3.63) is 72.9 Å². The monoisotopic (exact) mass is 261 g/mol. The first kappa shape index (κ1) is 12.4. The van der Waals surface area contributed by atoms with E-state index in [9.17, 15) is 0 Å². The predicted molar refractivity (Wildman–Crippen MR) is 81.7 cm³/mol. The van der Waals surface area contributed by atoms with Crippen LogP contribution < -0.4 is 4.74 Å². The van der Waals surface area contributed by atoms with E-state index < -0.39 is 0 Å². The number of benzene rings is 2. The van der Waals surface area contributed by atoms with Crippen molar-refractivity contribution in [2.24, 2.45) is 0 Å². The maximum atomic E-state index is 5.19. The minimum Gasteiger partial charge on any atom is -0.497 e. The van der Waals surface area contributed by atoms with Crippen molar-refractivity contribution in [2.45, 2.75) is 0 Å². The topological polar surface area (TPSA) is 22.1 Å². The Labute approximate surface area is 118 Å². The van der Waals surface area contributed by atoms with Gasteiger partial charge in [-0.15, -0.1) is 0 Å². The molecule has 0 aliphatic carbocycles. The molecule has 0 spiro atoms. The third-order valence-corrected chi connectivity index (χ3v) is 3.25. The molecular weight excluding hydrogens is 246 g/mol. The van der Waals surface area contributed by atoms with E-state index in [4.69, 9.17) is 4.74 Å². The molecule has 3 rings (SSSR count). The van der Waals surface area contributed by atoms with Gasteiger partial charge in [0.05, 0.1) is 12.8 Å². The number of methoxy groups -OCH3 is 1. The SMILES string of the molecule is COc1ccc(-c2ccnc(-c3ccccc3)c2)cc1. The van der Waals surface area contributed by atoms with Gasteiger partial charge in [-0.05, 0) is 35.4 Å². The van der Waals surface area contributed by atoms with Crippen molar-refractivity contribution >= 4 is 0 Å². The van der Waals surface area contributed by atoms with Gasteiger partial charge in [-0.25, -0.2) is 0 Å². The van der Waals surface area contributed by atoms with Gasteiger partial charge >= 0.3 is 0 Å². The maximum absolute atomic E-state index is 5.19. The first-order chi connectivity index (χ1) is 9.86. The molecule has 0 aliphatic rings. The Bertz CT molecular complexity index is 690. The van der Waals surface area contributed by atoms with Crippen LogP contribution in [-0.4, -0.2) is 12.1 Å². The molecule has 2 aromatic carbocycles. The highest BCUT2D eigenvalue weighted by Gasteiger charge is 2.02. The van der Waals surface area contributed by atoms with Crippen LogP contribution in [0.1, 0.15) is 0 Å². The molecule has 20 heavy (non-hydrogen) atoms. The van der Waals surface area contributed by atoms with Gasteiger partial charge in [0.15, 0.2) is 0 Å². The van der Waals surface area contributed by atoms with E-state index in [1.807, 2.05) is 42.6 Å². The normalized spacial score (nSPS) is 10.2. The Morgan fingerprint density at radius 1 is 0.750 bits per heavy atom. The smallest absolute Gasteiger partial charge is 0.118 e. The van der Waals surface area contributed by atoms with Gasteiger partial charge in [0, 0.05) is 11.8 Å². The van der Waals surface area contributed by atoms with Crippen molar-refractivity contribution in [3.63, 3.8) is 0 Å². The van der Waals surface area contributed by atoms with Crippen LogP contribution in [0.4, 0.5) is 0 Å². The van der Waals surface area contributed by atoms with Crippen molar-refractivity contribution in [3.8, 4) is 28.1 Å². The highest BCUT2D eigenvalue weighted by Crippen LogP contribution is 2.25. The van der Waals surface area contributed by atoms with Crippen LogP contribution in [0.5, 0.6) is 5.75 Å². The fourth-order valence-electron chi connectivity index (χ4n) is 2.16. The molecule has 3 aromatic rings. The summed E-state index contributed by atoms with van der Waals surface area (Å²) in [5, 5.41) is 0.